The van der Waals surface area contributed by atoms with Crippen LogP contribution in [0.5, 0.6) is 0 Å². The highest BCUT2D eigenvalue weighted by Crippen LogP contribution is 2.21. The van der Waals surface area contributed by atoms with Crippen LogP contribution in [0.15, 0.2) is 6.07 Å². The van der Waals surface area contributed by atoms with E-state index in [1.54, 1.807) is 0 Å². The van der Waals surface area contributed by atoms with Crippen LogP contribution in [-0.2, 0) is 6.42 Å². The summed E-state index contributed by atoms with van der Waals surface area (Å²) in [7, 11) is 0. The van der Waals surface area contributed by atoms with Crippen LogP contribution in [-0.4, -0.2) is 9.97 Å². The second-order valence-corrected chi connectivity index (χ2v) is 4.03. The fourth-order valence-corrected chi connectivity index (χ4v) is 1.22. The Balaban J connectivity index is 3.02. The van der Waals surface area contributed by atoms with Crippen molar-refractivity contribution in [2.75, 3.05) is 5.73 Å². The van der Waals surface area contributed by atoms with Crippen molar-refractivity contribution in [3.05, 3.63) is 17.6 Å². The summed E-state index contributed by atoms with van der Waals surface area (Å²) < 4.78 is 0. The van der Waals surface area contributed by atoms with Crippen LogP contribution in [0.4, 0.5) is 5.82 Å². The zero-order valence-electron chi connectivity index (χ0n) is 9.41. The van der Waals surface area contributed by atoms with Crippen LogP contribution >= 0.6 is 0 Å². The smallest absolute Gasteiger partial charge is 0.134 e. The van der Waals surface area contributed by atoms with Gasteiger partial charge in [0.05, 0.1) is 0 Å². The summed E-state index contributed by atoms with van der Waals surface area (Å²) in [6.07, 6.45) is 0.907. The summed E-state index contributed by atoms with van der Waals surface area (Å²) in [5.74, 6) is 2.36. The van der Waals surface area contributed by atoms with E-state index >= 15 is 0 Å². The number of nitrogen functional groups attached to an aromatic ring is 1. The SMILES string of the molecule is CCc1cc(N)nc(C(C)C(C)C)n1. The van der Waals surface area contributed by atoms with E-state index in [0.29, 0.717) is 17.7 Å². The predicted octanol–water partition coefficient (Wildman–Crippen LogP) is 2.38. The third-order valence-corrected chi connectivity index (χ3v) is 2.59. The molecule has 0 saturated heterocycles. The summed E-state index contributed by atoms with van der Waals surface area (Å²) in [4.78, 5) is 8.75. The van der Waals surface area contributed by atoms with Crippen molar-refractivity contribution >= 4 is 5.82 Å². The molecular formula is C11H19N3. The van der Waals surface area contributed by atoms with Gasteiger partial charge in [-0.2, -0.15) is 0 Å². The first-order chi connectivity index (χ1) is 6.54. The molecule has 0 aromatic carbocycles. The molecular weight excluding hydrogens is 174 g/mol. The van der Waals surface area contributed by atoms with Crippen molar-refractivity contribution in [1.82, 2.24) is 9.97 Å². The van der Waals surface area contributed by atoms with Crippen molar-refractivity contribution in [2.45, 2.75) is 40.0 Å². The van der Waals surface area contributed by atoms with Gasteiger partial charge in [0.1, 0.15) is 11.6 Å². The monoisotopic (exact) mass is 193 g/mol. The van der Waals surface area contributed by atoms with Crippen LogP contribution in [0.25, 0.3) is 0 Å². The Bertz CT molecular complexity index is 307. The molecule has 0 radical (unpaired) electrons. The first-order valence-electron chi connectivity index (χ1n) is 5.18. The van der Waals surface area contributed by atoms with Crippen molar-refractivity contribution in [1.29, 1.82) is 0 Å². The van der Waals surface area contributed by atoms with Crippen LogP contribution < -0.4 is 5.73 Å². The van der Waals surface area contributed by atoms with Crippen molar-refractivity contribution in [2.24, 2.45) is 5.92 Å². The normalized spacial score (nSPS) is 13.2. The number of hydrogen-bond donors (Lipinski definition) is 1. The Kier molecular flexibility index (Phi) is 3.44. The topological polar surface area (TPSA) is 51.8 Å². The number of hydrogen-bond acceptors (Lipinski definition) is 3. The van der Waals surface area contributed by atoms with E-state index in [2.05, 4.69) is 37.7 Å². The number of rotatable bonds is 3. The van der Waals surface area contributed by atoms with Gasteiger partial charge in [0.2, 0.25) is 0 Å². The Morgan fingerprint density at radius 1 is 1.29 bits per heavy atom. The second kappa shape index (κ2) is 4.40. The van der Waals surface area contributed by atoms with E-state index in [1.165, 1.54) is 0 Å². The van der Waals surface area contributed by atoms with Crippen LogP contribution in [0.1, 0.15) is 45.1 Å². The molecule has 1 unspecified atom stereocenters. The van der Waals surface area contributed by atoms with E-state index < -0.39 is 0 Å². The van der Waals surface area contributed by atoms with Crippen molar-refractivity contribution in [3.8, 4) is 0 Å². The molecule has 2 N–H and O–H groups in total. The maximum absolute atomic E-state index is 5.72. The van der Waals surface area contributed by atoms with Crippen LogP contribution in [0.3, 0.4) is 0 Å². The molecule has 0 aliphatic rings. The summed E-state index contributed by atoms with van der Waals surface area (Å²) in [5, 5.41) is 0. The van der Waals surface area contributed by atoms with Gasteiger partial charge in [-0.25, -0.2) is 9.97 Å². The van der Waals surface area contributed by atoms with Crippen LogP contribution in [0.2, 0.25) is 0 Å². The zero-order valence-corrected chi connectivity index (χ0v) is 9.41. The maximum Gasteiger partial charge on any atom is 0.134 e. The highest BCUT2D eigenvalue weighted by Gasteiger charge is 2.13. The lowest BCUT2D eigenvalue weighted by atomic mass is 9.97. The second-order valence-electron chi connectivity index (χ2n) is 4.03. The fraction of sp³-hybridized carbons (Fsp3) is 0.636. The molecule has 1 atom stereocenters. The summed E-state index contributed by atoms with van der Waals surface area (Å²) in [6, 6.07) is 1.84. The molecule has 3 nitrogen and oxygen atoms in total. The maximum atomic E-state index is 5.72. The van der Waals surface area contributed by atoms with Gasteiger partial charge in [0.25, 0.3) is 0 Å². The molecule has 1 rings (SSSR count). The third-order valence-electron chi connectivity index (χ3n) is 2.59. The average molecular weight is 193 g/mol. The van der Waals surface area contributed by atoms with E-state index in [0.717, 1.165) is 17.9 Å². The molecule has 78 valence electrons. The lowest BCUT2D eigenvalue weighted by molar-refractivity contribution is 0.509. The lowest BCUT2D eigenvalue weighted by Crippen LogP contribution is -2.10. The van der Waals surface area contributed by atoms with E-state index in [1.807, 2.05) is 6.07 Å². The fourth-order valence-electron chi connectivity index (χ4n) is 1.22. The molecule has 0 spiro atoms. The van der Waals surface area contributed by atoms with Gasteiger partial charge in [-0.05, 0) is 12.3 Å². The van der Waals surface area contributed by atoms with Gasteiger partial charge < -0.3 is 5.73 Å². The van der Waals surface area contributed by atoms with Crippen molar-refractivity contribution in [3.63, 3.8) is 0 Å². The molecule has 0 saturated carbocycles. The minimum absolute atomic E-state index is 0.365. The molecule has 0 aliphatic carbocycles. The molecule has 0 amide bonds. The number of aryl methyl sites for hydroxylation is 1. The van der Waals surface area contributed by atoms with Crippen molar-refractivity contribution < 1.29 is 0 Å². The molecule has 0 aliphatic heterocycles. The summed E-state index contributed by atoms with van der Waals surface area (Å²) in [5.41, 5.74) is 6.75. The van der Waals surface area contributed by atoms with Crippen LogP contribution in [0, 0.1) is 5.92 Å². The Labute approximate surface area is 85.8 Å². The first kappa shape index (κ1) is 11.0. The largest absolute Gasteiger partial charge is 0.384 e. The Morgan fingerprint density at radius 3 is 2.43 bits per heavy atom. The number of aromatic nitrogens is 2. The highest BCUT2D eigenvalue weighted by molar-refractivity contribution is 5.30. The predicted molar refractivity (Wildman–Crippen MR) is 59.1 cm³/mol. The minimum Gasteiger partial charge on any atom is -0.384 e. The molecule has 1 aromatic heterocycles. The molecule has 0 bridgehead atoms. The van der Waals surface area contributed by atoms with E-state index in [4.69, 9.17) is 5.73 Å². The quantitative estimate of drug-likeness (QED) is 0.801. The van der Waals surface area contributed by atoms with Gasteiger partial charge in [0, 0.05) is 17.7 Å². The third kappa shape index (κ3) is 2.44. The van der Waals surface area contributed by atoms with Gasteiger partial charge >= 0.3 is 0 Å². The van der Waals surface area contributed by atoms with E-state index in [-0.39, 0.29) is 0 Å². The Hall–Kier alpha value is -1.12. The van der Waals surface area contributed by atoms with Gasteiger partial charge in [-0.15, -0.1) is 0 Å². The molecule has 1 heterocycles. The summed E-state index contributed by atoms with van der Waals surface area (Å²) >= 11 is 0. The number of anilines is 1. The minimum atomic E-state index is 0.365. The molecule has 1 aromatic rings. The highest BCUT2D eigenvalue weighted by atomic mass is 15.0. The molecule has 0 fully saturated rings. The molecule has 14 heavy (non-hydrogen) atoms. The molecule has 3 heteroatoms. The van der Waals surface area contributed by atoms with E-state index in [9.17, 15) is 0 Å². The number of nitrogens with two attached hydrogens (primary N) is 1. The standard InChI is InChI=1S/C11H19N3/c1-5-9-6-10(12)14-11(13-9)8(4)7(2)3/h6-8H,5H2,1-4H3,(H2,12,13,14). The van der Waals surface area contributed by atoms with Gasteiger partial charge in [-0.3, -0.25) is 0 Å². The number of nitrogens with zero attached hydrogens (tertiary/aromatic N) is 2. The van der Waals surface area contributed by atoms with Gasteiger partial charge in [0.15, 0.2) is 0 Å². The summed E-state index contributed by atoms with van der Waals surface area (Å²) in [6.45, 7) is 8.55. The lowest BCUT2D eigenvalue weighted by Gasteiger charge is -2.14. The zero-order chi connectivity index (χ0) is 10.7. The van der Waals surface area contributed by atoms with Gasteiger partial charge in [-0.1, -0.05) is 27.7 Å². The first-order valence-corrected chi connectivity index (χ1v) is 5.18. The Morgan fingerprint density at radius 2 is 1.93 bits per heavy atom. The average Bonchev–Trinajstić information content (AvgIpc) is 2.15.